The first-order valence-corrected chi connectivity index (χ1v) is 7.68. The second kappa shape index (κ2) is 6.53. The zero-order chi connectivity index (χ0) is 12.1. The van der Waals surface area contributed by atoms with Crippen LogP contribution in [0.3, 0.4) is 0 Å². The molecule has 2 rings (SSSR count). The van der Waals surface area contributed by atoms with Crippen molar-refractivity contribution in [3.63, 3.8) is 0 Å². The number of benzene rings is 1. The number of halogens is 2. The van der Waals surface area contributed by atoms with Crippen LogP contribution >= 0.6 is 38.9 Å². The Bertz CT molecular complexity index is 458. The van der Waals surface area contributed by atoms with Gasteiger partial charge in [0.25, 0.3) is 0 Å². The minimum Gasteiger partial charge on any atom is -0.250 e. The van der Waals surface area contributed by atoms with Crippen molar-refractivity contribution >= 4 is 38.9 Å². The van der Waals surface area contributed by atoms with E-state index in [1.807, 2.05) is 17.6 Å². The maximum atomic E-state index is 6.05. The summed E-state index contributed by atoms with van der Waals surface area (Å²) in [4.78, 5) is 4.32. The maximum absolute atomic E-state index is 6.05. The van der Waals surface area contributed by atoms with Crippen LogP contribution in [-0.2, 0) is 12.8 Å². The molecule has 0 aliphatic heterocycles. The van der Waals surface area contributed by atoms with Gasteiger partial charge in [0.05, 0.1) is 5.01 Å². The molecule has 0 saturated carbocycles. The van der Waals surface area contributed by atoms with Gasteiger partial charge >= 0.3 is 0 Å². The Kier molecular flexibility index (Phi) is 5.01. The Morgan fingerprint density at radius 2 is 2.12 bits per heavy atom. The molecule has 0 spiro atoms. The minimum atomic E-state index is 0.446. The average molecular weight is 331 g/mol. The fourth-order valence-electron chi connectivity index (χ4n) is 1.76. The smallest absolute Gasteiger partial charge is 0.0928 e. The summed E-state index contributed by atoms with van der Waals surface area (Å²) in [6.45, 7) is 0. The Labute approximate surface area is 119 Å². The van der Waals surface area contributed by atoms with Crippen LogP contribution in [0.5, 0.6) is 0 Å². The molecular weight excluding hydrogens is 318 g/mol. The van der Waals surface area contributed by atoms with Crippen molar-refractivity contribution in [1.29, 1.82) is 0 Å². The van der Waals surface area contributed by atoms with Gasteiger partial charge in [-0.2, -0.15) is 0 Å². The first-order chi connectivity index (χ1) is 8.29. The zero-order valence-electron chi connectivity index (χ0n) is 9.27. The van der Waals surface area contributed by atoms with Crippen molar-refractivity contribution < 1.29 is 0 Å². The largest absolute Gasteiger partial charge is 0.250 e. The van der Waals surface area contributed by atoms with Crippen LogP contribution in [0.1, 0.15) is 10.6 Å². The molecule has 0 fully saturated rings. The van der Waals surface area contributed by atoms with Crippen molar-refractivity contribution in [3.8, 4) is 0 Å². The summed E-state index contributed by atoms with van der Waals surface area (Å²) in [6.07, 6.45) is 3.80. The van der Waals surface area contributed by atoms with Crippen molar-refractivity contribution in [2.45, 2.75) is 12.8 Å². The van der Waals surface area contributed by atoms with E-state index in [9.17, 15) is 0 Å². The zero-order valence-corrected chi connectivity index (χ0v) is 12.4. The van der Waals surface area contributed by atoms with E-state index < -0.39 is 0 Å². The number of rotatable bonds is 5. The van der Waals surface area contributed by atoms with E-state index >= 15 is 0 Å². The maximum Gasteiger partial charge on any atom is 0.0928 e. The second-order valence-corrected chi connectivity index (χ2v) is 6.09. The molecule has 1 aromatic carbocycles. The summed E-state index contributed by atoms with van der Waals surface area (Å²) < 4.78 is 1.16. The van der Waals surface area contributed by atoms with Gasteiger partial charge in [-0.3, -0.25) is 0 Å². The lowest BCUT2D eigenvalue weighted by Gasteiger charge is -2.13. The van der Waals surface area contributed by atoms with E-state index in [1.165, 1.54) is 10.6 Å². The summed E-state index contributed by atoms with van der Waals surface area (Å²) in [5.74, 6) is 1.11. The molecule has 1 nitrogen and oxygen atoms in total. The van der Waals surface area contributed by atoms with E-state index in [0.717, 1.165) is 17.3 Å². The number of hydrogen-bond donors (Lipinski definition) is 0. The highest BCUT2D eigenvalue weighted by atomic mass is 79.9. The highest BCUT2D eigenvalue weighted by molar-refractivity contribution is 9.10. The Hall–Kier alpha value is -0.380. The molecule has 0 saturated heterocycles. The molecule has 1 heterocycles. The Balaban J connectivity index is 2.03. The standard InChI is InChI=1S/C13H13BrClNS/c14-12-4-2-1-3-11(12)7-10(9-15)8-13-16-5-6-17-13/h1-6,10H,7-9H2. The van der Waals surface area contributed by atoms with Gasteiger partial charge in [0.2, 0.25) is 0 Å². The molecule has 0 amide bonds. The van der Waals surface area contributed by atoms with Gasteiger partial charge in [-0.1, -0.05) is 34.1 Å². The normalized spacial score (nSPS) is 12.6. The summed E-state index contributed by atoms with van der Waals surface area (Å²) >= 11 is 11.3. The van der Waals surface area contributed by atoms with Crippen LogP contribution in [-0.4, -0.2) is 10.9 Å². The fraction of sp³-hybridized carbons (Fsp3) is 0.308. The molecule has 4 heteroatoms. The number of alkyl halides is 1. The summed E-state index contributed by atoms with van der Waals surface area (Å²) in [5, 5.41) is 3.18. The molecule has 0 aliphatic rings. The monoisotopic (exact) mass is 329 g/mol. The van der Waals surface area contributed by atoms with Gasteiger partial charge in [0.15, 0.2) is 0 Å². The van der Waals surface area contributed by atoms with Crippen molar-refractivity contribution in [3.05, 3.63) is 50.9 Å². The third-order valence-electron chi connectivity index (χ3n) is 2.63. The molecular formula is C13H13BrClNS. The van der Waals surface area contributed by atoms with E-state index in [0.29, 0.717) is 11.8 Å². The lowest BCUT2D eigenvalue weighted by molar-refractivity contribution is 0.581. The molecule has 90 valence electrons. The number of aromatic nitrogens is 1. The first kappa shape index (κ1) is 13.1. The minimum absolute atomic E-state index is 0.446. The molecule has 0 bridgehead atoms. The molecule has 0 N–H and O–H groups in total. The number of nitrogens with zero attached hydrogens (tertiary/aromatic N) is 1. The van der Waals surface area contributed by atoms with Gasteiger partial charge < -0.3 is 0 Å². The van der Waals surface area contributed by atoms with Crippen LogP contribution in [0.15, 0.2) is 40.3 Å². The molecule has 0 radical (unpaired) electrons. The first-order valence-electron chi connectivity index (χ1n) is 5.47. The molecule has 1 unspecified atom stereocenters. The summed E-state index contributed by atoms with van der Waals surface area (Å²) in [5.41, 5.74) is 1.31. The Morgan fingerprint density at radius 1 is 1.29 bits per heavy atom. The highest BCUT2D eigenvalue weighted by Gasteiger charge is 2.12. The van der Waals surface area contributed by atoms with Crippen LogP contribution < -0.4 is 0 Å². The number of hydrogen-bond acceptors (Lipinski definition) is 2. The molecule has 2 aromatic rings. The van der Waals surface area contributed by atoms with Crippen molar-refractivity contribution in [2.75, 3.05) is 5.88 Å². The summed E-state index contributed by atoms with van der Waals surface area (Å²) in [6, 6.07) is 8.31. The summed E-state index contributed by atoms with van der Waals surface area (Å²) in [7, 11) is 0. The predicted molar refractivity (Wildman–Crippen MR) is 77.9 cm³/mol. The third-order valence-corrected chi connectivity index (χ3v) is 4.64. The third kappa shape index (κ3) is 3.80. The topological polar surface area (TPSA) is 12.9 Å². The van der Waals surface area contributed by atoms with Crippen LogP contribution in [0.2, 0.25) is 0 Å². The highest BCUT2D eigenvalue weighted by Crippen LogP contribution is 2.22. The van der Waals surface area contributed by atoms with E-state index in [-0.39, 0.29) is 0 Å². The van der Waals surface area contributed by atoms with Gasteiger partial charge in [-0.25, -0.2) is 4.98 Å². The SMILES string of the molecule is ClCC(Cc1nccs1)Cc1ccccc1Br. The second-order valence-electron chi connectivity index (χ2n) is 3.95. The molecule has 1 atom stereocenters. The average Bonchev–Trinajstić information content (AvgIpc) is 2.84. The molecule has 0 aliphatic carbocycles. The quantitative estimate of drug-likeness (QED) is 0.733. The van der Waals surface area contributed by atoms with E-state index in [2.05, 4.69) is 39.1 Å². The lowest BCUT2D eigenvalue weighted by atomic mass is 9.98. The van der Waals surface area contributed by atoms with Gasteiger partial charge in [-0.05, 0) is 24.0 Å². The van der Waals surface area contributed by atoms with Gasteiger partial charge in [0, 0.05) is 28.4 Å². The Morgan fingerprint density at radius 3 is 2.76 bits per heavy atom. The van der Waals surface area contributed by atoms with Gasteiger partial charge in [-0.15, -0.1) is 22.9 Å². The van der Waals surface area contributed by atoms with Crippen LogP contribution in [0.4, 0.5) is 0 Å². The van der Waals surface area contributed by atoms with Crippen LogP contribution in [0.25, 0.3) is 0 Å². The van der Waals surface area contributed by atoms with E-state index in [4.69, 9.17) is 11.6 Å². The molecule has 17 heavy (non-hydrogen) atoms. The van der Waals surface area contributed by atoms with Crippen molar-refractivity contribution in [2.24, 2.45) is 5.92 Å². The molecule has 1 aromatic heterocycles. The lowest BCUT2D eigenvalue weighted by Crippen LogP contribution is -2.10. The fourth-order valence-corrected chi connectivity index (χ4v) is 3.15. The van der Waals surface area contributed by atoms with Gasteiger partial charge in [0.1, 0.15) is 0 Å². The van der Waals surface area contributed by atoms with Crippen LogP contribution in [0, 0.1) is 5.92 Å². The predicted octanol–water partition coefficient (Wildman–Crippen LogP) is 4.55. The number of thiazole rings is 1. The van der Waals surface area contributed by atoms with E-state index in [1.54, 1.807) is 11.3 Å². The van der Waals surface area contributed by atoms with Crippen molar-refractivity contribution in [1.82, 2.24) is 4.98 Å².